The van der Waals surface area contributed by atoms with E-state index in [0.717, 1.165) is 12.0 Å². The number of ether oxygens (including phenoxy) is 1. The lowest BCUT2D eigenvalue weighted by molar-refractivity contribution is -0.0845. The van der Waals surface area contributed by atoms with Crippen LogP contribution >= 0.6 is 11.6 Å². The molecule has 1 atom stereocenters. The Kier molecular flexibility index (Phi) is 3.47. The van der Waals surface area contributed by atoms with Gasteiger partial charge in [-0.15, -0.1) is 0 Å². The highest BCUT2D eigenvalue weighted by Crippen LogP contribution is 2.25. The van der Waals surface area contributed by atoms with Crippen LogP contribution in [0.25, 0.3) is 0 Å². The second kappa shape index (κ2) is 4.70. The van der Waals surface area contributed by atoms with E-state index in [4.69, 9.17) is 16.3 Å². The maximum atomic E-state index is 13.0. The van der Waals surface area contributed by atoms with E-state index in [1.807, 2.05) is 0 Å². The summed E-state index contributed by atoms with van der Waals surface area (Å²) in [5.74, 6) is -0.433. The van der Waals surface area contributed by atoms with Crippen LogP contribution < -0.4 is 0 Å². The minimum absolute atomic E-state index is 0.0952. The molecule has 1 heterocycles. The SMILES string of the molecule is OC1(Cc2ccc(F)c(Cl)c2)CCCOC1. The molecule has 1 aromatic rings. The first kappa shape index (κ1) is 11.8. The summed E-state index contributed by atoms with van der Waals surface area (Å²) >= 11 is 5.69. The van der Waals surface area contributed by atoms with Crippen molar-refractivity contribution in [3.05, 3.63) is 34.6 Å². The Labute approximate surface area is 99.0 Å². The fourth-order valence-corrected chi connectivity index (χ4v) is 2.21. The van der Waals surface area contributed by atoms with E-state index in [9.17, 15) is 9.50 Å². The first-order valence-electron chi connectivity index (χ1n) is 5.33. The van der Waals surface area contributed by atoms with E-state index in [-0.39, 0.29) is 5.02 Å². The smallest absolute Gasteiger partial charge is 0.141 e. The molecule has 0 saturated carbocycles. The van der Waals surface area contributed by atoms with Crippen molar-refractivity contribution >= 4 is 11.6 Å². The van der Waals surface area contributed by atoms with Gasteiger partial charge in [-0.05, 0) is 30.5 Å². The van der Waals surface area contributed by atoms with Gasteiger partial charge in [0, 0.05) is 13.0 Å². The molecule has 4 heteroatoms. The van der Waals surface area contributed by atoms with Gasteiger partial charge in [-0.1, -0.05) is 17.7 Å². The van der Waals surface area contributed by atoms with Crippen LogP contribution in [0.1, 0.15) is 18.4 Å². The van der Waals surface area contributed by atoms with Crippen molar-refractivity contribution in [2.45, 2.75) is 24.9 Å². The summed E-state index contributed by atoms with van der Waals surface area (Å²) in [5, 5.41) is 10.3. The number of aliphatic hydroxyl groups is 1. The molecule has 0 bridgehead atoms. The van der Waals surface area contributed by atoms with Gasteiger partial charge >= 0.3 is 0 Å². The summed E-state index contributed by atoms with van der Waals surface area (Å²) in [5.41, 5.74) is -0.00114. The van der Waals surface area contributed by atoms with Crippen molar-refractivity contribution in [2.24, 2.45) is 0 Å². The van der Waals surface area contributed by atoms with Crippen molar-refractivity contribution < 1.29 is 14.2 Å². The maximum absolute atomic E-state index is 13.0. The molecular weight excluding hydrogens is 231 g/mol. The molecule has 2 rings (SSSR count). The van der Waals surface area contributed by atoms with E-state index in [2.05, 4.69) is 0 Å². The number of halogens is 2. The lowest BCUT2D eigenvalue weighted by atomic mass is 9.89. The Balaban J connectivity index is 2.10. The second-order valence-corrected chi connectivity index (χ2v) is 4.71. The molecule has 1 aromatic carbocycles. The first-order chi connectivity index (χ1) is 7.59. The average molecular weight is 245 g/mol. The molecule has 0 amide bonds. The van der Waals surface area contributed by atoms with E-state index in [0.29, 0.717) is 26.1 Å². The van der Waals surface area contributed by atoms with Crippen LogP contribution in [0.3, 0.4) is 0 Å². The Hall–Kier alpha value is -0.640. The molecule has 1 unspecified atom stereocenters. The van der Waals surface area contributed by atoms with Crippen LogP contribution in [0, 0.1) is 5.82 Å². The van der Waals surface area contributed by atoms with Crippen LogP contribution in [0.4, 0.5) is 4.39 Å². The monoisotopic (exact) mass is 244 g/mol. The van der Waals surface area contributed by atoms with E-state index in [1.54, 1.807) is 12.1 Å². The predicted molar refractivity (Wildman–Crippen MR) is 60.1 cm³/mol. The third kappa shape index (κ3) is 2.73. The van der Waals surface area contributed by atoms with Gasteiger partial charge < -0.3 is 9.84 Å². The highest BCUT2D eigenvalue weighted by molar-refractivity contribution is 6.30. The van der Waals surface area contributed by atoms with Gasteiger partial charge in [0.2, 0.25) is 0 Å². The quantitative estimate of drug-likeness (QED) is 0.867. The fraction of sp³-hybridized carbons (Fsp3) is 0.500. The van der Waals surface area contributed by atoms with Crippen molar-refractivity contribution in [3.63, 3.8) is 0 Å². The second-order valence-electron chi connectivity index (χ2n) is 4.31. The van der Waals surface area contributed by atoms with Crippen LogP contribution in [-0.2, 0) is 11.2 Å². The lowest BCUT2D eigenvalue weighted by Gasteiger charge is -2.32. The van der Waals surface area contributed by atoms with Crippen LogP contribution in [-0.4, -0.2) is 23.9 Å². The van der Waals surface area contributed by atoms with Gasteiger partial charge in [-0.25, -0.2) is 4.39 Å². The molecule has 1 N–H and O–H groups in total. The minimum Gasteiger partial charge on any atom is -0.387 e. The number of hydrogen-bond donors (Lipinski definition) is 1. The molecule has 0 spiro atoms. The molecule has 1 fully saturated rings. The Morgan fingerprint density at radius 3 is 2.94 bits per heavy atom. The van der Waals surface area contributed by atoms with Crippen molar-refractivity contribution in [1.82, 2.24) is 0 Å². The van der Waals surface area contributed by atoms with E-state index < -0.39 is 11.4 Å². The van der Waals surface area contributed by atoms with Crippen LogP contribution in [0.15, 0.2) is 18.2 Å². The van der Waals surface area contributed by atoms with Crippen molar-refractivity contribution in [2.75, 3.05) is 13.2 Å². The molecule has 16 heavy (non-hydrogen) atoms. The van der Waals surface area contributed by atoms with Gasteiger partial charge in [0.15, 0.2) is 0 Å². The minimum atomic E-state index is -0.834. The van der Waals surface area contributed by atoms with Crippen molar-refractivity contribution in [3.8, 4) is 0 Å². The average Bonchev–Trinajstić information content (AvgIpc) is 2.24. The molecule has 1 aliphatic rings. The number of benzene rings is 1. The zero-order chi connectivity index (χ0) is 11.6. The maximum Gasteiger partial charge on any atom is 0.141 e. The zero-order valence-corrected chi connectivity index (χ0v) is 9.63. The van der Waals surface area contributed by atoms with Gasteiger partial charge in [-0.3, -0.25) is 0 Å². The van der Waals surface area contributed by atoms with E-state index in [1.165, 1.54) is 6.07 Å². The topological polar surface area (TPSA) is 29.5 Å². The van der Waals surface area contributed by atoms with E-state index >= 15 is 0 Å². The molecule has 2 nitrogen and oxygen atoms in total. The van der Waals surface area contributed by atoms with Crippen molar-refractivity contribution in [1.29, 1.82) is 0 Å². The summed E-state index contributed by atoms with van der Waals surface area (Å²) in [6.45, 7) is 1.04. The number of rotatable bonds is 2. The zero-order valence-electron chi connectivity index (χ0n) is 8.88. The number of hydrogen-bond acceptors (Lipinski definition) is 2. The fourth-order valence-electron chi connectivity index (χ4n) is 2.01. The molecule has 1 aliphatic heterocycles. The Bertz CT molecular complexity index is 375. The summed E-state index contributed by atoms with van der Waals surface area (Å²) in [6.07, 6.45) is 2.01. The Morgan fingerprint density at radius 2 is 2.31 bits per heavy atom. The first-order valence-corrected chi connectivity index (χ1v) is 5.71. The summed E-state index contributed by atoms with van der Waals surface area (Å²) in [4.78, 5) is 0. The van der Waals surface area contributed by atoms with Gasteiger partial charge in [0.1, 0.15) is 5.82 Å². The van der Waals surface area contributed by atoms with Gasteiger partial charge in [0.25, 0.3) is 0 Å². The standard InChI is InChI=1S/C12H14ClFO2/c13-10-6-9(2-3-11(10)14)7-12(15)4-1-5-16-8-12/h2-3,6,15H,1,4-5,7-8H2. The summed E-state index contributed by atoms with van der Waals surface area (Å²) in [7, 11) is 0. The highest BCUT2D eigenvalue weighted by atomic mass is 35.5. The van der Waals surface area contributed by atoms with Crippen LogP contribution in [0.2, 0.25) is 5.02 Å². The molecule has 0 aromatic heterocycles. The Morgan fingerprint density at radius 1 is 1.50 bits per heavy atom. The summed E-state index contributed by atoms with van der Waals surface area (Å²) in [6, 6.07) is 4.53. The molecule has 1 saturated heterocycles. The lowest BCUT2D eigenvalue weighted by Crippen LogP contribution is -2.40. The normalized spacial score (nSPS) is 25.7. The molecular formula is C12H14ClFO2. The largest absolute Gasteiger partial charge is 0.387 e. The predicted octanol–water partition coefficient (Wildman–Crippen LogP) is 2.56. The van der Waals surface area contributed by atoms with Gasteiger partial charge in [-0.2, -0.15) is 0 Å². The van der Waals surface area contributed by atoms with Gasteiger partial charge in [0.05, 0.1) is 17.2 Å². The summed E-state index contributed by atoms with van der Waals surface area (Å²) < 4.78 is 18.2. The molecule has 0 aliphatic carbocycles. The van der Waals surface area contributed by atoms with Crippen LogP contribution in [0.5, 0.6) is 0 Å². The highest BCUT2D eigenvalue weighted by Gasteiger charge is 2.30. The molecule has 0 radical (unpaired) electrons. The molecule has 88 valence electrons. The third-order valence-corrected chi connectivity index (χ3v) is 3.11. The third-order valence-electron chi connectivity index (χ3n) is 2.82.